The minimum Gasteiger partial charge on any atom is -0.508 e. The molecule has 3 heteroatoms. The summed E-state index contributed by atoms with van der Waals surface area (Å²) in [6, 6.07) is 5.43. The molecule has 0 aliphatic rings. The number of benzene rings is 1. The Morgan fingerprint density at radius 2 is 1.94 bits per heavy atom. The van der Waals surface area contributed by atoms with Crippen molar-refractivity contribution in [3.8, 4) is 11.5 Å². The molecule has 0 fully saturated rings. The third-order valence-corrected chi connectivity index (χ3v) is 3.01. The van der Waals surface area contributed by atoms with Crippen LogP contribution >= 0.6 is 11.6 Å². The molecular weight excluding hydrogens is 236 g/mol. The molecule has 1 rings (SSSR count). The molecule has 0 radical (unpaired) electrons. The van der Waals surface area contributed by atoms with Gasteiger partial charge in [-0.25, -0.2) is 0 Å². The SMILES string of the molecule is CCc1c(O)cccc1OCCCCCCCl. The van der Waals surface area contributed by atoms with E-state index in [0.717, 1.165) is 49.3 Å². The van der Waals surface area contributed by atoms with Gasteiger partial charge in [0.1, 0.15) is 11.5 Å². The first-order valence-corrected chi connectivity index (χ1v) is 6.82. The van der Waals surface area contributed by atoms with Gasteiger partial charge < -0.3 is 9.84 Å². The molecule has 0 atom stereocenters. The van der Waals surface area contributed by atoms with Gasteiger partial charge in [-0.3, -0.25) is 0 Å². The highest BCUT2D eigenvalue weighted by Gasteiger charge is 2.06. The largest absolute Gasteiger partial charge is 0.508 e. The van der Waals surface area contributed by atoms with E-state index < -0.39 is 0 Å². The molecule has 0 amide bonds. The average Bonchev–Trinajstić information content (AvgIpc) is 2.34. The molecule has 0 aliphatic heterocycles. The summed E-state index contributed by atoms with van der Waals surface area (Å²) in [6.07, 6.45) is 5.21. The fraction of sp³-hybridized carbons (Fsp3) is 0.571. The number of phenolic OH excluding ortho intramolecular Hbond substituents is 1. The second kappa shape index (κ2) is 8.24. The number of hydrogen-bond donors (Lipinski definition) is 1. The highest BCUT2D eigenvalue weighted by molar-refractivity contribution is 6.17. The van der Waals surface area contributed by atoms with Gasteiger partial charge >= 0.3 is 0 Å². The Bertz CT molecular complexity index is 326. The van der Waals surface area contributed by atoms with Crippen LogP contribution in [0.1, 0.15) is 38.2 Å². The van der Waals surface area contributed by atoms with Crippen molar-refractivity contribution in [1.29, 1.82) is 0 Å². The van der Waals surface area contributed by atoms with Crippen molar-refractivity contribution >= 4 is 11.6 Å². The molecule has 96 valence electrons. The predicted octanol–water partition coefficient (Wildman–Crippen LogP) is 4.13. The van der Waals surface area contributed by atoms with E-state index in [1.165, 1.54) is 0 Å². The van der Waals surface area contributed by atoms with Crippen LogP contribution in [-0.2, 0) is 6.42 Å². The lowest BCUT2D eigenvalue weighted by atomic mass is 10.1. The second-order valence-electron chi connectivity index (χ2n) is 4.06. The lowest BCUT2D eigenvalue weighted by Crippen LogP contribution is -2.00. The Morgan fingerprint density at radius 3 is 2.65 bits per heavy atom. The van der Waals surface area contributed by atoms with E-state index in [4.69, 9.17) is 16.3 Å². The summed E-state index contributed by atoms with van der Waals surface area (Å²) in [5, 5.41) is 9.67. The molecule has 0 bridgehead atoms. The maximum atomic E-state index is 9.67. The maximum Gasteiger partial charge on any atom is 0.126 e. The molecule has 1 N–H and O–H groups in total. The zero-order valence-electron chi connectivity index (χ0n) is 10.4. The van der Waals surface area contributed by atoms with Crippen LogP contribution in [0.4, 0.5) is 0 Å². The zero-order chi connectivity index (χ0) is 12.5. The standard InChI is InChI=1S/C14H21ClO2/c1-2-12-13(16)8-7-9-14(12)17-11-6-4-3-5-10-15/h7-9,16H,2-6,10-11H2,1H3. The quantitative estimate of drug-likeness (QED) is 0.560. The van der Waals surface area contributed by atoms with Crippen molar-refractivity contribution < 1.29 is 9.84 Å². The third-order valence-electron chi connectivity index (χ3n) is 2.75. The smallest absolute Gasteiger partial charge is 0.126 e. The molecule has 2 nitrogen and oxygen atoms in total. The van der Waals surface area contributed by atoms with Crippen LogP contribution in [0.5, 0.6) is 11.5 Å². The van der Waals surface area contributed by atoms with Crippen LogP contribution in [0, 0.1) is 0 Å². The summed E-state index contributed by atoms with van der Waals surface area (Å²) in [4.78, 5) is 0. The molecule has 17 heavy (non-hydrogen) atoms. The second-order valence-corrected chi connectivity index (χ2v) is 4.44. The molecule has 1 aromatic rings. The molecule has 0 heterocycles. The van der Waals surface area contributed by atoms with Crippen LogP contribution in [0.3, 0.4) is 0 Å². The Morgan fingerprint density at radius 1 is 1.18 bits per heavy atom. The Hall–Kier alpha value is -0.890. The first kappa shape index (κ1) is 14.2. The fourth-order valence-electron chi connectivity index (χ4n) is 1.78. The van der Waals surface area contributed by atoms with E-state index in [1.807, 2.05) is 19.1 Å². The monoisotopic (exact) mass is 256 g/mol. The van der Waals surface area contributed by atoms with Gasteiger partial charge in [-0.15, -0.1) is 11.6 Å². The Labute approximate surface area is 109 Å². The number of ether oxygens (including phenoxy) is 1. The normalized spacial score (nSPS) is 10.5. The van der Waals surface area contributed by atoms with Gasteiger partial charge in [-0.1, -0.05) is 25.8 Å². The van der Waals surface area contributed by atoms with Crippen LogP contribution in [0.2, 0.25) is 0 Å². The van der Waals surface area contributed by atoms with Gasteiger partial charge in [0.15, 0.2) is 0 Å². The van der Waals surface area contributed by atoms with E-state index >= 15 is 0 Å². The number of unbranched alkanes of at least 4 members (excludes halogenated alkanes) is 3. The predicted molar refractivity (Wildman–Crippen MR) is 72.2 cm³/mol. The van der Waals surface area contributed by atoms with Crippen LogP contribution in [0.25, 0.3) is 0 Å². The summed E-state index contributed by atoms with van der Waals surface area (Å²) < 4.78 is 5.70. The number of alkyl halides is 1. The van der Waals surface area contributed by atoms with Crippen LogP contribution in [-0.4, -0.2) is 17.6 Å². The highest BCUT2D eigenvalue weighted by atomic mass is 35.5. The summed E-state index contributed by atoms with van der Waals surface area (Å²) >= 11 is 5.61. The number of phenols is 1. The fourth-order valence-corrected chi connectivity index (χ4v) is 1.97. The Balaban J connectivity index is 2.33. The lowest BCUT2D eigenvalue weighted by Gasteiger charge is -2.11. The van der Waals surface area contributed by atoms with Gasteiger partial charge in [0, 0.05) is 11.4 Å². The minimum atomic E-state index is 0.326. The summed E-state index contributed by atoms with van der Waals surface area (Å²) in [6.45, 7) is 2.72. The minimum absolute atomic E-state index is 0.326. The average molecular weight is 257 g/mol. The molecule has 1 aromatic carbocycles. The number of aromatic hydroxyl groups is 1. The van der Waals surface area contributed by atoms with Gasteiger partial charge in [-0.2, -0.15) is 0 Å². The van der Waals surface area contributed by atoms with Gasteiger partial charge in [0.2, 0.25) is 0 Å². The van der Waals surface area contributed by atoms with E-state index in [9.17, 15) is 5.11 Å². The molecule has 0 aliphatic carbocycles. The molecule has 0 spiro atoms. The van der Waals surface area contributed by atoms with Crippen molar-refractivity contribution in [2.75, 3.05) is 12.5 Å². The molecular formula is C14H21ClO2. The van der Waals surface area contributed by atoms with E-state index in [0.29, 0.717) is 12.4 Å². The summed E-state index contributed by atoms with van der Waals surface area (Å²) in [7, 11) is 0. The van der Waals surface area contributed by atoms with Crippen molar-refractivity contribution in [2.24, 2.45) is 0 Å². The van der Waals surface area contributed by atoms with E-state index in [1.54, 1.807) is 6.07 Å². The third kappa shape index (κ3) is 4.86. The van der Waals surface area contributed by atoms with Gasteiger partial charge in [-0.05, 0) is 31.4 Å². The molecule has 0 saturated heterocycles. The molecule has 0 aromatic heterocycles. The Kier molecular flexibility index (Phi) is 6.87. The molecule has 0 saturated carbocycles. The number of rotatable bonds is 8. The summed E-state index contributed by atoms with van der Waals surface area (Å²) in [5.41, 5.74) is 0.897. The van der Waals surface area contributed by atoms with Crippen molar-refractivity contribution in [3.63, 3.8) is 0 Å². The highest BCUT2D eigenvalue weighted by Crippen LogP contribution is 2.27. The van der Waals surface area contributed by atoms with Crippen molar-refractivity contribution in [3.05, 3.63) is 23.8 Å². The van der Waals surface area contributed by atoms with Crippen LogP contribution < -0.4 is 4.74 Å². The van der Waals surface area contributed by atoms with Crippen LogP contribution in [0.15, 0.2) is 18.2 Å². The summed E-state index contributed by atoms with van der Waals surface area (Å²) in [5.74, 6) is 1.88. The zero-order valence-corrected chi connectivity index (χ0v) is 11.2. The molecule has 0 unspecified atom stereocenters. The van der Waals surface area contributed by atoms with E-state index in [-0.39, 0.29) is 0 Å². The van der Waals surface area contributed by atoms with Gasteiger partial charge in [0.05, 0.1) is 6.61 Å². The van der Waals surface area contributed by atoms with Crippen molar-refractivity contribution in [2.45, 2.75) is 39.0 Å². The number of hydrogen-bond acceptors (Lipinski definition) is 2. The number of halogens is 1. The topological polar surface area (TPSA) is 29.5 Å². The maximum absolute atomic E-state index is 9.67. The van der Waals surface area contributed by atoms with E-state index in [2.05, 4.69) is 0 Å². The first-order chi connectivity index (χ1) is 8.29. The first-order valence-electron chi connectivity index (χ1n) is 6.29. The lowest BCUT2D eigenvalue weighted by molar-refractivity contribution is 0.300. The van der Waals surface area contributed by atoms with Gasteiger partial charge in [0.25, 0.3) is 0 Å². The van der Waals surface area contributed by atoms with Crippen molar-refractivity contribution in [1.82, 2.24) is 0 Å².